The van der Waals surface area contributed by atoms with Gasteiger partial charge in [0.1, 0.15) is 18.0 Å². The summed E-state index contributed by atoms with van der Waals surface area (Å²) in [4.78, 5) is 64.3. The predicted octanol–water partition coefficient (Wildman–Crippen LogP) is 5.00. The molecular formula is C28H22Cl2N2O7. The first kappa shape index (κ1) is 27.8. The number of amides is 3. The number of ketones is 1. The fourth-order valence-corrected chi connectivity index (χ4v) is 4.39. The largest absolute Gasteiger partial charge is 0.497 e. The number of benzene rings is 3. The number of halogens is 2. The van der Waals surface area contributed by atoms with Crippen molar-refractivity contribution in [2.75, 3.05) is 13.7 Å². The molecule has 1 fully saturated rings. The van der Waals surface area contributed by atoms with Gasteiger partial charge in [-0.1, -0.05) is 29.3 Å². The van der Waals surface area contributed by atoms with Crippen LogP contribution in [-0.2, 0) is 9.59 Å². The zero-order chi connectivity index (χ0) is 28.1. The molecule has 3 amide bonds. The predicted molar refractivity (Wildman–Crippen MR) is 142 cm³/mol. The van der Waals surface area contributed by atoms with E-state index in [1.165, 1.54) is 55.6 Å². The first-order valence-electron chi connectivity index (χ1n) is 11.8. The van der Waals surface area contributed by atoms with E-state index in [9.17, 15) is 24.0 Å². The van der Waals surface area contributed by atoms with Crippen LogP contribution in [0.15, 0.2) is 66.7 Å². The molecule has 1 saturated heterocycles. The van der Waals surface area contributed by atoms with E-state index in [1.807, 2.05) is 0 Å². The standard InChI is InChI=1S/C28H22Cl2N2O7/c1-38-21-5-2-4-18(14-21)28(37)39-20-11-8-17(9-12-20)24(33)16-31(32-25(34)6-3-7-26(32)35)27(36)22-13-10-19(29)15-23(22)30/h2,4-5,8-15H,3,6-7,16H2,1H3. The molecule has 39 heavy (non-hydrogen) atoms. The third-order valence-electron chi connectivity index (χ3n) is 5.88. The number of imide groups is 1. The monoisotopic (exact) mass is 568 g/mol. The van der Waals surface area contributed by atoms with Crippen molar-refractivity contribution >= 4 is 52.7 Å². The second kappa shape index (κ2) is 12.1. The number of esters is 1. The number of hydrazine groups is 1. The van der Waals surface area contributed by atoms with Gasteiger partial charge in [0, 0.05) is 23.4 Å². The lowest BCUT2D eigenvalue weighted by Crippen LogP contribution is -2.56. The smallest absolute Gasteiger partial charge is 0.343 e. The van der Waals surface area contributed by atoms with Crippen molar-refractivity contribution in [3.63, 3.8) is 0 Å². The van der Waals surface area contributed by atoms with Crippen LogP contribution in [0.3, 0.4) is 0 Å². The van der Waals surface area contributed by atoms with E-state index in [0.717, 1.165) is 5.01 Å². The van der Waals surface area contributed by atoms with E-state index in [4.69, 9.17) is 32.7 Å². The quantitative estimate of drug-likeness (QED) is 0.163. The van der Waals surface area contributed by atoms with E-state index < -0.39 is 36.0 Å². The van der Waals surface area contributed by atoms with E-state index >= 15 is 0 Å². The summed E-state index contributed by atoms with van der Waals surface area (Å²) in [5.41, 5.74) is 0.410. The summed E-state index contributed by atoms with van der Waals surface area (Å²) in [7, 11) is 1.48. The van der Waals surface area contributed by atoms with Gasteiger partial charge in [-0.2, -0.15) is 5.01 Å². The van der Waals surface area contributed by atoms with Crippen molar-refractivity contribution in [1.82, 2.24) is 10.0 Å². The van der Waals surface area contributed by atoms with Gasteiger partial charge in [0.05, 0.1) is 23.3 Å². The van der Waals surface area contributed by atoms with E-state index in [1.54, 1.807) is 18.2 Å². The Morgan fingerprint density at radius 1 is 0.872 bits per heavy atom. The first-order chi connectivity index (χ1) is 18.7. The lowest BCUT2D eigenvalue weighted by Gasteiger charge is -2.35. The van der Waals surface area contributed by atoms with Crippen molar-refractivity contribution in [3.8, 4) is 11.5 Å². The molecule has 4 rings (SSSR count). The van der Waals surface area contributed by atoms with E-state index in [-0.39, 0.29) is 45.3 Å². The lowest BCUT2D eigenvalue weighted by molar-refractivity contribution is -0.162. The van der Waals surface area contributed by atoms with Gasteiger partial charge in [0.25, 0.3) is 5.91 Å². The molecule has 0 bridgehead atoms. The topological polar surface area (TPSA) is 110 Å². The third-order valence-corrected chi connectivity index (χ3v) is 6.42. The minimum Gasteiger partial charge on any atom is -0.497 e. The average Bonchev–Trinajstić information content (AvgIpc) is 2.92. The second-order valence-corrected chi connectivity index (χ2v) is 9.35. The number of ether oxygens (including phenoxy) is 2. The van der Waals surface area contributed by atoms with Crippen LogP contribution in [0.25, 0.3) is 0 Å². The minimum absolute atomic E-state index is 0.00376. The molecule has 11 heteroatoms. The SMILES string of the molecule is COc1cccc(C(=O)Oc2ccc(C(=O)CN(C(=O)c3ccc(Cl)cc3Cl)N3C(=O)CCCC3=O)cc2)c1. The van der Waals surface area contributed by atoms with Crippen LogP contribution >= 0.6 is 23.2 Å². The molecule has 0 spiro atoms. The highest BCUT2D eigenvalue weighted by molar-refractivity contribution is 6.36. The third kappa shape index (κ3) is 6.45. The summed E-state index contributed by atoms with van der Waals surface area (Å²) in [5.74, 6) is -2.51. The molecule has 0 aromatic heterocycles. The van der Waals surface area contributed by atoms with E-state index in [2.05, 4.69) is 0 Å². The molecule has 0 atom stereocenters. The van der Waals surface area contributed by atoms with Crippen molar-refractivity contribution in [2.24, 2.45) is 0 Å². The normalized spacial score (nSPS) is 13.2. The molecule has 1 aliphatic rings. The summed E-state index contributed by atoms with van der Waals surface area (Å²) in [5, 5.41) is 1.80. The number of hydrogen-bond donors (Lipinski definition) is 0. The van der Waals surface area contributed by atoms with Crippen LogP contribution < -0.4 is 9.47 Å². The van der Waals surface area contributed by atoms with Crippen molar-refractivity contribution in [2.45, 2.75) is 19.3 Å². The van der Waals surface area contributed by atoms with Crippen LogP contribution in [0, 0.1) is 0 Å². The van der Waals surface area contributed by atoms with Gasteiger partial charge in [0.15, 0.2) is 5.78 Å². The highest BCUT2D eigenvalue weighted by Gasteiger charge is 2.36. The van der Waals surface area contributed by atoms with Crippen molar-refractivity contribution < 1.29 is 33.4 Å². The zero-order valence-electron chi connectivity index (χ0n) is 20.7. The van der Waals surface area contributed by atoms with E-state index in [0.29, 0.717) is 17.2 Å². The van der Waals surface area contributed by atoms with Gasteiger partial charge in [-0.05, 0) is 67.1 Å². The van der Waals surface area contributed by atoms with Gasteiger partial charge in [-0.15, -0.1) is 0 Å². The number of nitrogens with zero attached hydrogens (tertiary/aromatic N) is 2. The number of Topliss-reactive ketones (excluding diaryl/α,β-unsaturated/α-hetero) is 1. The van der Waals surface area contributed by atoms with Crippen molar-refractivity contribution in [1.29, 1.82) is 0 Å². The van der Waals surface area contributed by atoms with Crippen LogP contribution in [0.1, 0.15) is 50.3 Å². The van der Waals surface area contributed by atoms with Gasteiger partial charge in [0.2, 0.25) is 11.8 Å². The summed E-state index contributed by atoms with van der Waals surface area (Å²) in [6.45, 7) is -0.613. The Morgan fingerprint density at radius 2 is 1.56 bits per heavy atom. The number of hydrogen-bond acceptors (Lipinski definition) is 7. The number of piperidine rings is 1. The summed E-state index contributed by atoms with van der Waals surface area (Å²) in [6.07, 6.45) is 0.443. The molecule has 0 radical (unpaired) electrons. The minimum atomic E-state index is -0.808. The number of rotatable bonds is 8. The molecule has 3 aromatic carbocycles. The average molecular weight is 569 g/mol. The maximum atomic E-state index is 13.4. The summed E-state index contributed by atoms with van der Waals surface area (Å²) < 4.78 is 10.5. The molecular weight excluding hydrogens is 547 g/mol. The van der Waals surface area contributed by atoms with Gasteiger partial charge in [-0.3, -0.25) is 19.2 Å². The van der Waals surface area contributed by atoms with Gasteiger partial charge in [-0.25, -0.2) is 9.80 Å². The number of methoxy groups -OCH3 is 1. The Bertz CT molecular complexity index is 1440. The highest BCUT2D eigenvalue weighted by Crippen LogP contribution is 2.25. The maximum absolute atomic E-state index is 13.4. The number of carbonyl (C=O) groups excluding carboxylic acids is 5. The molecule has 1 heterocycles. The molecule has 0 saturated carbocycles. The molecule has 0 unspecified atom stereocenters. The molecule has 200 valence electrons. The Labute approximate surface area is 233 Å². The van der Waals surface area contributed by atoms with Gasteiger partial charge >= 0.3 is 5.97 Å². The van der Waals surface area contributed by atoms with Crippen LogP contribution in [0.5, 0.6) is 11.5 Å². The summed E-state index contributed by atoms with van der Waals surface area (Å²) >= 11 is 12.1. The number of carbonyl (C=O) groups is 5. The Balaban J connectivity index is 1.54. The Morgan fingerprint density at radius 3 is 2.21 bits per heavy atom. The maximum Gasteiger partial charge on any atom is 0.343 e. The van der Waals surface area contributed by atoms with Crippen LogP contribution in [-0.4, -0.2) is 53.1 Å². The fourth-order valence-electron chi connectivity index (χ4n) is 3.90. The molecule has 9 nitrogen and oxygen atoms in total. The summed E-state index contributed by atoms with van der Waals surface area (Å²) in [6, 6.07) is 16.3. The Kier molecular flexibility index (Phi) is 8.63. The zero-order valence-corrected chi connectivity index (χ0v) is 22.2. The van der Waals surface area contributed by atoms with Crippen LogP contribution in [0.4, 0.5) is 0 Å². The molecule has 0 N–H and O–H groups in total. The molecule has 0 aliphatic carbocycles. The molecule has 1 aliphatic heterocycles. The highest BCUT2D eigenvalue weighted by atomic mass is 35.5. The lowest BCUT2D eigenvalue weighted by atomic mass is 10.1. The first-order valence-corrected chi connectivity index (χ1v) is 12.6. The van der Waals surface area contributed by atoms with Gasteiger partial charge < -0.3 is 9.47 Å². The second-order valence-electron chi connectivity index (χ2n) is 8.51. The van der Waals surface area contributed by atoms with Crippen LogP contribution in [0.2, 0.25) is 10.0 Å². The Hall–Kier alpha value is -4.21. The molecule has 3 aromatic rings. The fraction of sp³-hybridized carbons (Fsp3) is 0.179. The van der Waals surface area contributed by atoms with Crippen molar-refractivity contribution in [3.05, 3.63) is 93.5 Å².